The Morgan fingerprint density at radius 1 is 1.24 bits per heavy atom. The number of nitrogens with zero attached hydrogens (tertiary/aromatic N) is 1. The Balaban J connectivity index is 1.85. The van der Waals surface area contributed by atoms with E-state index in [2.05, 4.69) is 4.90 Å². The van der Waals surface area contributed by atoms with Crippen molar-refractivity contribution in [3.05, 3.63) is 0 Å². The largest absolute Gasteiger partial charge is 0.396 e. The van der Waals surface area contributed by atoms with Gasteiger partial charge in [-0.25, -0.2) is 0 Å². The van der Waals surface area contributed by atoms with Crippen LogP contribution in [0.5, 0.6) is 0 Å². The molecule has 0 aromatic heterocycles. The molecule has 3 unspecified atom stereocenters. The summed E-state index contributed by atoms with van der Waals surface area (Å²) in [4.78, 5) is 2.45. The van der Waals surface area contributed by atoms with E-state index in [0.29, 0.717) is 19.3 Å². The van der Waals surface area contributed by atoms with Gasteiger partial charge in [-0.3, -0.25) is 4.90 Å². The summed E-state index contributed by atoms with van der Waals surface area (Å²) in [5, 5.41) is 19.1. The molecule has 0 aromatic carbocycles. The van der Waals surface area contributed by atoms with Gasteiger partial charge in [-0.05, 0) is 32.2 Å². The Bertz CT molecular complexity index is 223. The van der Waals surface area contributed by atoms with E-state index < -0.39 is 0 Å². The maximum atomic E-state index is 9.96. The molecule has 100 valence electrons. The molecule has 2 heterocycles. The molecule has 3 atom stereocenters. The highest BCUT2D eigenvalue weighted by Gasteiger charge is 2.29. The van der Waals surface area contributed by atoms with Crippen molar-refractivity contribution >= 4 is 0 Å². The van der Waals surface area contributed by atoms with Crippen LogP contribution in [0.25, 0.3) is 0 Å². The van der Waals surface area contributed by atoms with Crippen molar-refractivity contribution in [2.24, 2.45) is 5.92 Å². The number of hydrogen-bond donors (Lipinski definition) is 2. The van der Waals surface area contributed by atoms with Crippen molar-refractivity contribution in [3.63, 3.8) is 0 Å². The van der Waals surface area contributed by atoms with E-state index in [-0.39, 0.29) is 18.6 Å². The number of hydrogen-bond acceptors (Lipinski definition) is 4. The molecule has 2 rings (SSSR count). The summed E-state index contributed by atoms with van der Waals surface area (Å²) in [5.41, 5.74) is 0. The fourth-order valence-corrected chi connectivity index (χ4v) is 3.04. The predicted octanol–water partition coefficient (Wildman–Crippen LogP) is 0.621. The first kappa shape index (κ1) is 13.3. The van der Waals surface area contributed by atoms with Gasteiger partial charge in [0.2, 0.25) is 0 Å². The number of likely N-dealkylation sites (tertiary alicyclic amines) is 1. The van der Waals surface area contributed by atoms with Gasteiger partial charge in [0.25, 0.3) is 0 Å². The van der Waals surface area contributed by atoms with Gasteiger partial charge in [0.05, 0.1) is 12.7 Å². The van der Waals surface area contributed by atoms with Crippen LogP contribution >= 0.6 is 0 Å². The maximum Gasteiger partial charge on any atom is 0.0624 e. The van der Waals surface area contributed by atoms with Crippen molar-refractivity contribution in [2.75, 3.05) is 32.9 Å². The summed E-state index contributed by atoms with van der Waals surface area (Å²) < 4.78 is 5.45. The van der Waals surface area contributed by atoms with E-state index in [4.69, 9.17) is 9.84 Å². The Morgan fingerprint density at radius 3 is 2.88 bits per heavy atom. The van der Waals surface area contributed by atoms with Crippen molar-refractivity contribution in [2.45, 2.75) is 44.2 Å². The first-order valence-corrected chi connectivity index (χ1v) is 6.92. The molecule has 0 aliphatic carbocycles. The summed E-state index contributed by atoms with van der Waals surface area (Å²) in [6.07, 6.45) is 5.12. The van der Waals surface area contributed by atoms with Crippen molar-refractivity contribution in [1.82, 2.24) is 4.90 Å². The molecule has 2 fully saturated rings. The third-order valence-electron chi connectivity index (χ3n) is 4.11. The molecule has 0 spiro atoms. The topological polar surface area (TPSA) is 52.9 Å². The lowest BCUT2D eigenvalue weighted by atomic mass is 9.94. The average molecular weight is 243 g/mol. The number of aliphatic hydroxyl groups is 2. The minimum absolute atomic E-state index is 0.208. The molecule has 0 radical (unpaired) electrons. The number of ether oxygens (including phenoxy) is 1. The second-order valence-corrected chi connectivity index (χ2v) is 5.35. The Morgan fingerprint density at radius 2 is 2.12 bits per heavy atom. The molecule has 17 heavy (non-hydrogen) atoms. The smallest absolute Gasteiger partial charge is 0.0624 e. The Labute approximate surface area is 104 Å². The average Bonchev–Trinajstić information content (AvgIpc) is 2.35. The molecule has 0 bridgehead atoms. The highest BCUT2D eigenvalue weighted by atomic mass is 16.5. The predicted molar refractivity (Wildman–Crippen MR) is 65.8 cm³/mol. The van der Waals surface area contributed by atoms with Gasteiger partial charge in [-0.2, -0.15) is 0 Å². The van der Waals surface area contributed by atoms with Gasteiger partial charge >= 0.3 is 0 Å². The lowest BCUT2D eigenvalue weighted by Gasteiger charge is -2.39. The minimum atomic E-state index is -0.208. The molecule has 2 N–H and O–H groups in total. The fraction of sp³-hybridized carbons (Fsp3) is 1.00. The van der Waals surface area contributed by atoms with Crippen molar-refractivity contribution < 1.29 is 14.9 Å². The van der Waals surface area contributed by atoms with Gasteiger partial charge in [-0.1, -0.05) is 6.42 Å². The fourth-order valence-electron chi connectivity index (χ4n) is 3.04. The molecule has 0 aromatic rings. The summed E-state index contributed by atoms with van der Waals surface area (Å²) in [5.74, 6) is 0.253. The Kier molecular flexibility index (Phi) is 5.22. The third kappa shape index (κ3) is 3.65. The van der Waals surface area contributed by atoms with E-state index in [0.717, 1.165) is 25.9 Å². The van der Waals surface area contributed by atoms with Crippen LogP contribution in [0.3, 0.4) is 0 Å². The zero-order valence-corrected chi connectivity index (χ0v) is 10.6. The molecular weight excluding hydrogens is 218 g/mol. The van der Waals surface area contributed by atoms with Gasteiger partial charge in [-0.15, -0.1) is 0 Å². The van der Waals surface area contributed by atoms with Crippen molar-refractivity contribution in [1.29, 1.82) is 0 Å². The van der Waals surface area contributed by atoms with Gasteiger partial charge in [0, 0.05) is 31.7 Å². The highest BCUT2D eigenvalue weighted by Crippen LogP contribution is 2.23. The van der Waals surface area contributed by atoms with Gasteiger partial charge < -0.3 is 14.9 Å². The first-order valence-electron chi connectivity index (χ1n) is 6.92. The molecule has 4 heteroatoms. The number of rotatable bonds is 4. The zero-order valence-electron chi connectivity index (χ0n) is 10.6. The summed E-state index contributed by atoms with van der Waals surface area (Å²) in [7, 11) is 0. The van der Waals surface area contributed by atoms with Crippen LogP contribution in [0, 0.1) is 5.92 Å². The molecule has 2 aliphatic heterocycles. The SMILES string of the molecule is OCCC1CCCCN1CC1COCCC1O. The zero-order chi connectivity index (χ0) is 12.1. The normalized spacial score (nSPS) is 36.0. The van der Waals surface area contributed by atoms with E-state index in [1.165, 1.54) is 19.3 Å². The summed E-state index contributed by atoms with van der Waals surface area (Å²) in [6, 6.07) is 0.503. The minimum Gasteiger partial charge on any atom is -0.396 e. The van der Waals surface area contributed by atoms with Crippen LogP contribution in [0.2, 0.25) is 0 Å². The maximum absolute atomic E-state index is 9.96. The van der Waals surface area contributed by atoms with Crippen LogP contribution < -0.4 is 0 Å². The van der Waals surface area contributed by atoms with Crippen molar-refractivity contribution in [3.8, 4) is 0 Å². The van der Waals surface area contributed by atoms with Gasteiger partial charge in [0.1, 0.15) is 0 Å². The summed E-state index contributed by atoms with van der Waals surface area (Å²) >= 11 is 0. The number of piperidine rings is 1. The lowest BCUT2D eigenvalue weighted by Crippen LogP contribution is -2.47. The number of aliphatic hydroxyl groups excluding tert-OH is 2. The van der Waals surface area contributed by atoms with E-state index in [9.17, 15) is 5.11 Å². The lowest BCUT2D eigenvalue weighted by molar-refractivity contribution is -0.0543. The summed E-state index contributed by atoms with van der Waals surface area (Å²) in [6.45, 7) is 3.67. The standard InChI is InChI=1S/C13H25NO3/c15-7-4-12-3-1-2-6-14(12)9-11-10-17-8-5-13(11)16/h11-13,15-16H,1-10H2. The first-order chi connectivity index (χ1) is 8.31. The van der Waals surface area contributed by atoms with Crippen LogP contribution in [0.4, 0.5) is 0 Å². The monoisotopic (exact) mass is 243 g/mol. The Hall–Kier alpha value is -0.160. The molecule has 0 saturated carbocycles. The second-order valence-electron chi connectivity index (χ2n) is 5.35. The van der Waals surface area contributed by atoms with Crippen LogP contribution in [-0.4, -0.2) is 60.2 Å². The van der Waals surface area contributed by atoms with Crippen LogP contribution in [0.1, 0.15) is 32.1 Å². The van der Waals surface area contributed by atoms with E-state index in [1.807, 2.05) is 0 Å². The molecular formula is C13H25NO3. The molecule has 2 aliphatic rings. The van der Waals surface area contributed by atoms with Crippen LogP contribution in [0.15, 0.2) is 0 Å². The van der Waals surface area contributed by atoms with E-state index >= 15 is 0 Å². The highest BCUT2D eigenvalue weighted by molar-refractivity contribution is 4.82. The molecule has 4 nitrogen and oxygen atoms in total. The van der Waals surface area contributed by atoms with Crippen LogP contribution in [-0.2, 0) is 4.74 Å². The van der Waals surface area contributed by atoms with E-state index in [1.54, 1.807) is 0 Å². The molecule has 0 amide bonds. The van der Waals surface area contributed by atoms with Gasteiger partial charge in [0.15, 0.2) is 0 Å². The second kappa shape index (κ2) is 6.69. The quantitative estimate of drug-likeness (QED) is 0.760. The molecule has 2 saturated heterocycles. The third-order valence-corrected chi connectivity index (χ3v) is 4.11.